The Kier molecular flexibility index (Phi) is 11.3. The van der Waals surface area contributed by atoms with E-state index < -0.39 is 73.8 Å². The van der Waals surface area contributed by atoms with Crippen LogP contribution < -0.4 is 14.8 Å². The van der Waals surface area contributed by atoms with Crippen LogP contribution in [0.1, 0.15) is 88.4 Å². The van der Waals surface area contributed by atoms with Crippen LogP contribution in [0.25, 0.3) is 11.3 Å². The van der Waals surface area contributed by atoms with Crippen LogP contribution in [0.2, 0.25) is 0 Å². The van der Waals surface area contributed by atoms with Gasteiger partial charge in [-0.25, -0.2) is 17.8 Å². The van der Waals surface area contributed by atoms with Crippen molar-refractivity contribution >= 4 is 51.0 Å². The number of hydrogen-bond acceptors (Lipinski definition) is 11. The van der Waals surface area contributed by atoms with Crippen molar-refractivity contribution in [1.82, 2.24) is 24.8 Å². The number of hydrogen-bond donors (Lipinski definition) is 2. The maximum absolute atomic E-state index is 14.7. The maximum atomic E-state index is 14.7. The van der Waals surface area contributed by atoms with Gasteiger partial charge < -0.3 is 24.6 Å². The molecule has 0 spiro atoms. The van der Waals surface area contributed by atoms with E-state index in [1.807, 2.05) is 12.2 Å². The van der Waals surface area contributed by atoms with Crippen LogP contribution in [0.5, 0.6) is 5.75 Å². The molecule has 5 aliphatic rings. The lowest BCUT2D eigenvalue weighted by Gasteiger charge is -2.32. The fraction of sp³-hybridized carbons (Fsp3) is 0.600. The lowest BCUT2D eigenvalue weighted by molar-refractivity contribution is -0.159. The summed E-state index contributed by atoms with van der Waals surface area (Å²) >= 11 is 1.11. The maximum Gasteiger partial charge on any atom is 0.307 e. The molecule has 0 radical (unpaired) electrons. The Hall–Kier alpha value is -4.38. The van der Waals surface area contributed by atoms with E-state index in [0.717, 1.165) is 24.2 Å². The highest BCUT2D eigenvalue weighted by molar-refractivity contribution is 7.91. The van der Waals surface area contributed by atoms with E-state index in [0.29, 0.717) is 43.4 Å². The molecule has 4 fully saturated rings. The number of carbonyl (C=O) groups is 5. The summed E-state index contributed by atoms with van der Waals surface area (Å²) in [5, 5.41) is 4.11. The van der Waals surface area contributed by atoms with E-state index in [-0.39, 0.29) is 61.0 Å². The zero-order valence-electron chi connectivity index (χ0n) is 32.6. The minimum absolute atomic E-state index is 0.0818. The summed E-state index contributed by atoms with van der Waals surface area (Å²) in [6, 6.07) is 3.30. The van der Waals surface area contributed by atoms with Crippen molar-refractivity contribution in [2.45, 2.75) is 101 Å². The molecule has 2 aromatic rings. The van der Waals surface area contributed by atoms with Crippen LogP contribution in [0.3, 0.4) is 0 Å². The smallest absolute Gasteiger partial charge is 0.307 e. The molecule has 0 bridgehead atoms. The Labute approximate surface area is 336 Å². The topological polar surface area (TPSA) is 181 Å². The molecule has 4 amide bonds. The normalized spacial score (nSPS) is 28.5. The van der Waals surface area contributed by atoms with Gasteiger partial charge in [0.15, 0.2) is 16.6 Å². The molecule has 2 N–H and O–H groups in total. The predicted octanol–water partition coefficient (Wildman–Crippen LogP) is 4.21. The third-order valence-electron chi connectivity index (χ3n) is 11.6. The van der Waals surface area contributed by atoms with Crippen LogP contribution in [0, 0.1) is 29.5 Å². The number of ether oxygens (including phenoxy) is 2. The van der Waals surface area contributed by atoms with Gasteiger partial charge in [0.2, 0.25) is 21.8 Å². The summed E-state index contributed by atoms with van der Waals surface area (Å²) in [4.78, 5) is 77.7. The van der Waals surface area contributed by atoms with Crippen LogP contribution in [0.4, 0.5) is 4.39 Å². The molecule has 2 saturated heterocycles. The lowest BCUT2D eigenvalue weighted by atomic mass is 9.92. The van der Waals surface area contributed by atoms with Gasteiger partial charge in [-0.3, -0.25) is 28.7 Å². The molecule has 2 saturated carbocycles. The second-order valence-corrected chi connectivity index (χ2v) is 19.8. The third-order valence-corrected chi connectivity index (χ3v) is 14.2. The van der Waals surface area contributed by atoms with Crippen molar-refractivity contribution in [3.05, 3.63) is 46.6 Å². The lowest BCUT2D eigenvalue weighted by Crippen LogP contribution is -2.58. The first kappa shape index (κ1) is 40.8. The van der Waals surface area contributed by atoms with Crippen LogP contribution in [0.15, 0.2) is 35.7 Å². The number of esters is 1. The van der Waals surface area contributed by atoms with E-state index in [9.17, 15) is 36.8 Å². The Morgan fingerprint density at radius 1 is 1.09 bits per heavy atom. The van der Waals surface area contributed by atoms with E-state index in [1.165, 1.54) is 24.1 Å². The largest absolute Gasteiger partial charge is 0.494 e. The Balaban J connectivity index is 1.16. The van der Waals surface area contributed by atoms with Gasteiger partial charge in [0.05, 0.1) is 24.5 Å². The molecule has 6 atom stereocenters. The molecule has 7 rings (SSSR count). The second kappa shape index (κ2) is 15.8. The quantitative estimate of drug-likeness (QED) is 0.289. The van der Waals surface area contributed by atoms with Crippen molar-refractivity contribution in [3.63, 3.8) is 0 Å². The Morgan fingerprint density at radius 2 is 1.86 bits per heavy atom. The predicted molar refractivity (Wildman–Crippen MR) is 208 cm³/mol. The SMILES string of the molecule is COc1ccc(-c2csc(C(=O)N3C[C@H]4CN5C(=O)[C@@H](CC(=O)OC(C)(C)C)CCCCC/C=C\[C@@H]6C[C@@]6(C(=O)NS(=O)(=O)C6CC6)NC(=O)[C@@H]5[C@H]4C3)n2)cc1F. The fourth-order valence-corrected chi connectivity index (χ4v) is 10.6. The number of carbonyl (C=O) groups excluding carboxylic acids is 5. The molecular formula is C40H50FN5O9S2. The molecule has 17 heteroatoms. The van der Waals surface area contributed by atoms with Gasteiger partial charge in [-0.2, -0.15) is 0 Å². The van der Waals surface area contributed by atoms with Gasteiger partial charge in [0, 0.05) is 54.2 Å². The number of halogens is 1. The van der Waals surface area contributed by atoms with Crippen molar-refractivity contribution < 1.29 is 46.3 Å². The van der Waals surface area contributed by atoms with E-state index in [4.69, 9.17) is 9.47 Å². The highest BCUT2D eigenvalue weighted by atomic mass is 32.2. The first-order valence-electron chi connectivity index (χ1n) is 19.7. The number of rotatable bonds is 8. The van der Waals surface area contributed by atoms with E-state index >= 15 is 0 Å². The average Bonchev–Trinajstić information content (AvgIpc) is 3.96. The molecule has 1 aromatic heterocycles. The number of benzene rings is 1. The Morgan fingerprint density at radius 3 is 2.56 bits per heavy atom. The summed E-state index contributed by atoms with van der Waals surface area (Å²) in [5.41, 5.74) is -1.41. The minimum Gasteiger partial charge on any atom is -0.494 e. The number of fused-ring (bicyclic) bond motifs is 4. The van der Waals surface area contributed by atoms with Crippen LogP contribution >= 0.6 is 11.3 Å². The fourth-order valence-electron chi connectivity index (χ4n) is 8.42. The van der Waals surface area contributed by atoms with Crippen molar-refractivity contribution in [1.29, 1.82) is 0 Å². The molecule has 308 valence electrons. The summed E-state index contributed by atoms with van der Waals surface area (Å²) in [7, 11) is -2.56. The zero-order valence-corrected chi connectivity index (χ0v) is 34.3. The number of sulfonamides is 1. The molecule has 14 nitrogen and oxygen atoms in total. The highest BCUT2D eigenvalue weighted by Gasteiger charge is 2.63. The van der Waals surface area contributed by atoms with Gasteiger partial charge >= 0.3 is 5.97 Å². The number of likely N-dealkylation sites (tertiary alicyclic amines) is 1. The number of thiazole rings is 1. The number of nitrogens with one attached hydrogen (secondary N) is 2. The second-order valence-electron chi connectivity index (χ2n) is 17.0. The molecule has 4 heterocycles. The average molecular weight is 828 g/mol. The first-order chi connectivity index (χ1) is 27.0. The molecule has 1 aromatic carbocycles. The molecule has 3 aliphatic heterocycles. The van der Waals surface area contributed by atoms with Gasteiger partial charge in [-0.05, 0) is 77.5 Å². The van der Waals surface area contributed by atoms with Gasteiger partial charge in [0.1, 0.15) is 17.2 Å². The number of nitrogens with zero attached hydrogens (tertiary/aromatic N) is 3. The molecule has 2 aliphatic carbocycles. The monoisotopic (exact) mass is 827 g/mol. The van der Waals surface area contributed by atoms with Gasteiger partial charge in [-0.1, -0.05) is 25.0 Å². The van der Waals surface area contributed by atoms with Gasteiger partial charge in [0.25, 0.3) is 11.8 Å². The third kappa shape index (κ3) is 8.74. The Bertz CT molecular complexity index is 2080. The summed E-state index contributed by atoms with van der Waals surface area (Å²) in [6.45, 7) is 5.71. The number of amides is 4. The molecule has 57 heavy (non-hydrogen) atoms. The highest BCUT2D eigenvalue weighted by Crippen LogP contribution is 2.47. The summed E-state index contributed by atoms with van der Waals surface area (Å²) < 4.78 is 53.1. The first-order valence-corrected chi connectivity index (χ1v) is 22.1. The minimum atomic E-state index is -3.92. The van der Waals surface area contributed by atoms with Crippen LogP contribution in [-0.2, 0) is 33.9 Å². The summed E-state index contributed by atoms with van der Waals surface area (Å²) in [6.07, 6.45) is 8.07. The number of aromatic nitrogens is 1. The van der Waals surface area contributed by atoms with E-state index in [1.54, 1.807) is 37.1 Å². The van der Waals surface area contributed by atoms with Crippen molar-refractivity contribution in [2.24, 2.45) is 23.7 Å². The molecular weight excluding hydrogens is 778 g/mol. The standard InChI is InChI=1S/C40H50FN5O9S2/c1-39(2,3)55-32(47)17-24-10-8-6-5-7-9-11-26-18-40(26,38(51)44-57(52,53)27-13-14-27)43-34(48)33-28-21-45(19-25(28)20-46(33)36(24)49)37(50)35-42-30(22-56-35)23-12-15-31(54-4)29(41)16-23/h9,11-12,15-16,22,24-28,33H,5-8,10,13-14,17-21H2,1-4H3,(H,43,48)(H,44,51)/b11-9-/t24-,25+,26-,28+,33+,40-/m1/s1. The van der Waals surface area contributed by atoms with Crippen LogP contribution in [-0.4, -0.2) is 102 Å². The van der Waals surface area contributed by atoms with E-state index in [2.05, 4.69) is 15.0 Å². The zero-order chi connectivity index (χ0) is 40.9. The van der Waals surface area contributed by atoms with Gasteiger partial charge in [-0.15, -0.1) is 11.3 Å². The molecule has 0 unspecified atom stereocenters. The number of allylic oxidation sites excluding steroid dienone is 1. The van der Waals surface area contributed by atoms with Crippen molar-refractivity contribution in [3.8, 4) is 17.0 Å². The van der Waals surface area contributed by atoms with Crippen molar-refractivity contribution in [2.75, 3.05) is 26.7 Å². The number of methoxy groups -OCH3 is 1. The summed E-state index contributed by atoms with van der Waals surface area (Å²) in [5.74, 6) is -5.26.